The van der Waals surface area contributed by atoms with Gasteiger partial charge in [0.25, 0.3) is 0 Å². The minimum Gasteiger partial charge on any atom is -0.759 e. The van der Waals surface area contributed by atoms with Crippen LogP contribution in [0.2, 0.25) is 0 Å². The molecule has 6 saturated heterocycles. The Morgan fingerprint density at radius 3 is 1.47 bits per heavy atom. The predicted octanol–water partition coefficient (Wildman–Crippen LogP) is 5.01. The molecule has 13 heteroatoms. The van der Waals surface area contributed by atoms with Crippen LogP contribution < -0.4 is 9.47 Å². The Morgan fingerprint density at radius 1 is 0.755 bits per heavy atom. The van der Waals surface area contributed by atoms with Crippen molar-refractivity contribution in [3.05, 3.63) is 97.4 Å². The number of rotatable bonds is 8. The lowest BCUT2D eigenvalue weighted by atomic mass is 9.73. The molecule has 53 heavy (non-hydrogen) atoms. The van der Waals surface area contributed by atoms with Crippen LogP contribution in [0.15, 0.2) is 86.2 Å². The number of aliphatic hydroxyl groups excluding tert-OH is 2. The van der Waals surface area contributed by atoms with Gasteiger partial charge in [0.05, 0.1) is 37.5 Å². The van der Waals surface area contributed by atoms with Crippen molar-refractivity contribution in [2.45, 2.75) is 50.0 Å². The van der Waals surface area contributed by atoms with Crippen molar-refractivity contribution < 1.29 is 37.2 Å². The molecule has 8 heterocycles. The van der Waals surface area contributed by atoms with Gasteiger partial charge < -0.3 is 28.8 Å². The molecule has 4 bridgehead atoms. The lowest BCUT2D eigenvalue weighted by Gasteiger charge is -2.50. The summed E-state index contributed by atoms with van der Waals surface area (Å²) in [6.45, 7) is 12.1. The van der Waals surface area contributed by atoms with Gasteiger partial charge in [-0.3, -0.25) is 28.2 Å². The summed E-state index contributed by atoms with van der Waals surface area (Å²) in [5.74, 6) is 4.01. The first-order chi connectivity index (χ1) is 25.4. The highest BCUT2D eigenvalue weighted by Gasteiger charge is 2.43. The zero-order chi connectivity index (χ0) is 37.9. The van der Waals surface area contributed by atoms with Crippen molar-refractivity contribution >= 4 is 32.2 Å². The fourth-order valence-corrected chi connectivity index (χ4v) is 8.89. The highest BCUT2D eigenvalue weighted by molar-refractivity contribution is 7.79. The highest BCUT2D eigenvalue weighted by Crippen LogP contribution is 2.43. The maximum absolute atomic E-state index is 11.2. The van der Waals surface area contributed by atoms with E-state index in [2.05, 4.69) is 45.1 Å². The normalized spacial score (nSPS) is 28.5. The third-order valence-corrected chi connectivity index (χ3v) is 11.6. The number of aromatic nitrogens is 2. The number of ether oxygens (including phenoxy) is 2. The van der Waals surface area contributed by atoms with Gasteiger partial charge in [0.2, 0.25) is 0 Å². The fraction of sp³-hybridized carbons (Fsp3) is 0.450. The second-order valence-electron chi connectivity index (χ2n) is 14.4. The van der Waals surface area contributed by atoms with E-state index in [0.29, 0.717) is 23.7 Å². The zero-order valence-corrected chi connectivity index (χ0v) is 31.0. The molecule has 284 valence electrons. The minimum absolute atomic E-state index is 0.178. The summed E-state index contributed by atoms with van der Waals surface area (Å²) in [6, 6.07) is 15.9. The van der Waals surface area contributed by atoms with Crippen LogP contribution in [0, 0.1) is 23.7 Å². The van der Waals surface area contributed by atoms with Crippen LogP contribution in [0.1, 0.15) is 49.0 Å². The summed E-state index contributed by atoms with van der Waals surface area (Å²) >= 11 is 0. The van der Waals surface area contributed by atoms with Gasteiger partial charge in [-0.05, 0) is 122 Å². The van der Waals surface area contributed by atoms with Crippen molar-refractivity contribution in [3.8, 4) is 11.5 Å². The standard InChI is InChI=1S/2C20H24N2O2.H2O4S/c2*1-3-13-12-22-9-7-14(13)10-19(22)20(23)16-6-8-21-18-5-4-15(24-2)11-17(16)18;1-5(2,3)4/h2*3-6,8,11,13-14,19-20,23H,1,7,9-10,12H2,2H3;(H2,1,2,3,4)/p-2/t2*13-,14-,19-,20+;/m00./s1. The van der Waals surface area contributed by atoms with E-state index >= 15 is 0 Å². The van der Waals surface area contributed by atoms with E-state index in [9.17, 15) is 10.2 Å². The monoisotopic (exact) mass is 744 g/mol. The fourth-order valence-electron chi connectivity index (χ4n) is 8.89. The van der Waals surface area contributed by atoms with E-state index in [1.807, 2.05) is 48.5 Å². The molecular formula is C40H48N4O8S-2. The van der Waals surface area contributed by atoms with Gasteiger partial charge >= 0.3 is 0 Å². The molecule has 0 aliphatic carbocycles. The van der Waals surface area contributed by atoms with E-state index in [4.69, 9.17) is 27.0 Å². The van der Waals surface area contributed by atoms with Crippen molar-refractivity contribution in [1.82, 2.24) is 19.8 Å². The number of pyridine rings is 2. The Morgan fingerprint density at radius 2 is 1.15 bits per heavy atom. The molecule has 0 saturated carbocycles. The third-order valence-electron chi connectivity index (χ3n) is 11.6. The van der Waals surface area contributed by atoms with Crippen molar-refractivity contribution in [2.75, 3.05) is 40.4 Å². The lowest BCUT2D eigenvalue weighted by Crippen LogP contribution is -2.54. The molecule has 6 aliphatic heterocycles. The largest absolute Gasteiger partial charge is 0.759 e. The smallest absolute Gasteiger partial charge is 0.119 e. The number of hydrogen-bond acceptors (Lipinski definition) is 12. The average Bonchev–Trinajstić information content (AvgIpc) is 3.19. The second kappa shape index (κ2) is 16.6. The highest BCUT2D eigenvalue weighted by atomic mass is 32.3. The van der Waals surface area contributed by atoms with Gasteiger partial charge in [0.1, 0.15) is 11.5 Å². The minimum atomic E-state index is -5.17. The summed E-state index contributed by atoms with van der Waals surface area (Å²) in [5.41, 5.74) is 3.69. The number of piperidine rings is 6. The maximum Gasteiger partial charge on any atom is 0.119 e. The Hall–Kier alpha value is -3.95. The van der Waals surface area contributed by atoms with Crippen LogP contribution in [0.5, 0.6) is 11.5 Å². The first kappa shape index (κ1) is 38.8. The Balaban J connectivity index is 0.000000161. The molecule has 0 radical (unpaired) electrons. The first-order valence-electron chi connectivity index (χ1n) is 18.0. The van der Waals surface area contributed by atoms with Crippen LogP contribution in [0.25, 0.3) is 21.8 Å². The zero-order valence-electron chi connectivity index (χ0n) is 30.2. The summed E-state index contributed by atoms with van der Waals surface area (Å²) in [6.07, 6.45) is 11.2. The summed E-state index contributed by atoms with van der Waals surface area (Å²) < 4.78 is 44.8. The van der Waals surface area contributed by atoms with Crippen molar-refractivity contribution in [3.63, 3.8) is 0 Å². The molecule has 10 rings (SSSR count). The van der Waals surface area contributed by atoms with Crippen LogP contribution in [-0.4, -0.2) is 100.0 Å². The molecule has 10 atom stereocenters. The van der Waals surface area contributed by atoms with Gasteiger partial charge in [-0.15, -0.1) is 13.2 Å². The number of aliphatic hydroxyl groups is 2. The molecule has 0 spiro atoms. The maximum atomic E-state index is 11.2. The first-order valence-corrected chi connectivity index (χ1v) is 19.4. The molecule has 6 fully saturated rings. The van der Waals surface area contributed by atoms with E-state index in [1.165, 1.54) is 12.8 Å². The SMILES string of the molecule is C=C[C@H]1CN2CC[C@H]1C[C@H]2[C@H](O)c1ccnc2ccc(OC)cc12.C=C[C@H]1CN2CC[C@H]1C[C@H]2[C@H](O)c1ccnc2ccc(OC)cc12.O=S(=O)([O-])[O-]. The molecule has 4 aromatic rings. The molecule has 2 unspecified atom stereocenters. The van der Waals surface area contributed by atoms with Crippen molar-refractivity contribution in [1.29, 1.82) is 0 Å². The van der Waals surface area contributed by atoms with Gasteiger partial charge in [-0.2, -0.15) is 0 Å². The molecular weight excluding hydrogens is 697 g/mol. The topological polar surface area (TPSA) is 171 Å². The molecule has 12 nitrogen and oxygen atoms in total. The van der Waals surface area contributed by atoms with Gasteiger partial charge in [0, 0.05) is 58.7 Å². The van der Waals surface area contributed by atoms with Crippen molar-refractivity contribution in [2.24, 2.45) is 23.7 Å². The van der Waals surface area contributed by atoms with E-state index < -0.39 is 22.6 Å². The molecule has 2 aromatic heterocycles. The average molecular weight is 745 g/mol. The van der Waals surface area contributed by atoms with E-state index in [-0.39, 0.29) is 12.1 Å². The Labute approximate surface area is 311 Å². The second-order valence-corrected chi connectivity index (χ2v) is 15.2. The van der Waals surface area contributed by atoms with Gasteiger partial charge in [-0.25, -0.2) is 0 Å². The third kappa shape index (κ3) is 8.73. The molecule has 2 aromatic carbocycles. The van der Waals surface area contributed by atoms with Crippen LogP contribution in [-0.2, 0) is 10.4 Å². The Kier molecular flexibility index (Phi) is 12.1. The van der Waals surface area contributed by atoms with Crippen LogP contribution >= 0.6 is 0 Å². The van der Waals surface area contributed by atoms with E-state index in [1.54, 1.807) is 26.6 Å². The van der Waals surface area contributed by atoms with Crippen LogP contribution in [0.3, 0.4) is 0 Å². The lowest BCUT2D eigenvalue weighted by molar-refractivity contribution is -0.0445. The number of fused-ring (bicyclic) bond motifs is 8. The summed E-state index contributed by atoms with van der Waals surface area (Å²) in [5, 5.41) is 24.3. The number of benzene rings is 2. The molecule has 0 amide bonds. The number of methoxy groups -OCH3 is 2. The predicted molar refractivity (Wildman–Crippen MR) is 201 cm³/mol. The number of nitrogens with zero attached hydrogens (tertiary/aromatic N) is 4. The summed E-state index contributed by atoms with van der Waals surface area (Å²) in [7, 11) is -1.84. The van der Waals surface area contributed by atoms with Gasteiger partial charge in [0.15, 0.2) is 0 Å². The summed E-state index contributed by atoms with van der Waals surface area (Å²) in [4.78, 5) is 13.7. The number of hydrogen-bond donors (Lipinski definition) is 2. The molecule has 2 N–H and O–H groups in total. The quantitative estimate of drug-likeness (QED) is 0.141. The van der Waals surface area contributed by atoms with E-state index in [0.717, 1.165) is 83.5 Å². The van der Waals surface area contributed by atoms with Gasteiger partial charge in [-0.1, -0.05) is 12.2 Å². The van der Waals surface area contributed by atoms with Crippen LogP contribution in [0.4, 0.5) is 0 Å². The Bertz CT molecular complexity index is 1890. The molecule has 6 aliphatic rings.